The Morgan fingerprint density at radius 2 is 1.69 bits per heavy atom. The largest absolute Gasteiger partial charge is 0.356 e. The van der Waals surface area contributed by atoms with E-state index >= 15 is 0 Å². The summed E-state index contributed by atoms with van der Waals surface area (Å²) >= 11 is 0. The molecule has 2 heterocycles. The Morgan fingerprint density at radius 3 is 2.34 bits per heavy atom. The number of benzene rings is 1. The van der Waals surface area contributed by atoms with E-state index in [4.69, 9.17) is 0 Å². The zero-order valence-corrected chi connectivity index (χ0v) is 17.8. The fourth-order valence-electron chi connectivity index (χ4n) is 4.17. The van der Waals surface area contributed by atoms with Crippen molar-refractivity contribution in [3.63, 3.8) is 0 Å². The highest BCUT2D eigenvalue weighted by Gasteiger charge is 2.33. The van der Waals surface area contributed by atoms with Crippen LogP contribution < -0.4 is 5.32 Å². The number of hydrogen-bond donors (Lipinski definition) is 1. The molecule has 162 valence electrons. The second-order valence-electron chi connectivity index (χ2n) is 8.01. The minimum Gasteiger partial charge on any atom is -0.356 e. The molecule has 0 unspecified atom stereocenters. The summed E-state index contributed by atoms with van der Waals surface area (Å²) in [5, 5.41) is 3.01. The molecule has 2 saturated heterocycles. The van der Waals surface area contributed by atoms with E-state index in [0.717, 1.165) is 32.1 Å². The lowest BCUT2D eigenvalue weighted by Gasteiger charge is -2.30. The third-order valence-corrected chi connectivity index (χ3v) is 7.86. The Hall–Kier alpha value is -1.51. The second-order valence-corrected chi connectivity index (χ2v) is 9.92. The summed E-state index contributed by atoms with van der Waals surface area (Å²) < 4.78 is 40.5. The zero-order chi connectivity index (χ0) is 20.7. The highest BCUT2D eigenvalue weighted by atomic mass is 32.2. The Morgan fingerprint density at radius 1 is 1.03 bits per heavy atom. The molecule has 2 fully saturated rings. The Balaban J connectivity index is 1.40. The average Bonchev–Trinajstić information content (AvgIpc) is 3.00. The van der Waals surface area contributed by atoms with Crippen LogP contribution in [0.5, 0.6) is 0 Å². The van der Waals surface area contributed by atoms with Gasteiger partial charge in [0.25, 0.3) is 0 Å². The molecule has 1 aromatic carbocycles. The first-order chi connectivity index (χ1) is 14.0. The molecule has 29 heavy (non-hydrogen) atoms. The van der Waals surface area contributed by atoms with Crippen LogP contribution in [0.25, 0.3) is 0 Å². The van der Waals surface area contributed by atoms with E-state index in [1.165, 1.54) is 48.2 Å². The van der Waals surface area contributed by atoms with Gasteiger partial charge in [-0.05, 0) is 63.9 Å². The minimum atomic E-state index is -3.86. The molecule has 0 bridgehead atoms. The Labute approximate surface area is 173 Å². The summed E-state index contributed by atoms with van der Waals surface area (Å²) in [5.74, 6) is -0.916. The first kappa shape index (κ1) is 22.2. The van der Waals surface area contributed by atoms with Gasteiger partial charge in [0.1, 0.15) is 10.7 Å². The number of carbonyl (C=O) groups excluding carboxylic acids is 1. The molecule has 3 rings (SSSR count). The summed E-state index contributed by atoms with van der Waals surface area (Å²) in [4.78, 5) is 14.6. The van der Waals surface area contributed by atoms with Gasteiger partial charge in [-0.3, -0.25) is 4.79 Å². The highest BCUT2D eigenvalue weighted by Crippen LogP contribution is 2.25. The van der Waals surface area contributed by atoms with Crippen LogP contribution in [0.3, 0.4) is 0 Å². The molecule has 8 heteroatoms. The lowest BCUT2D eigenvalue weighted by molar-refractivity contribution is -0.126. The van der Waals surface area contributed by atoms with Crippen LogP contribution in [-0.4, -0.2) is 62.8 Å². The smallest absolute Gasteiger partial charge is 0.245 e. The molecule has 0 atom stereocenters. The van der Waals surface area contributed by atoms with E-state index in [1.54, 1.807) is 0 Å². The van der Waals surface area contributed by atoms with Crippen LogP contribution >= 0.6 is 0 Å². The minimum absolute atomic E-state index is 0.00352. The second kappa shape index (κ2) is 10.5. The monoisotopic (exact) mass is 425 g/mol. The van der Waals surface area contributed by atoms with Gasteiger partial charge in [-0.25, -0.2) is 12.8 Å². The molecule has 1 aromatic rings. The normalized spacial score (nSPS) is 20.3. The summed E-state index contributed by atoms with van der Waals surface area (Å²) in [6.07, 6.45) is 7.03. The molecular weight excluding hydrogens is 393 g/mol. The van der Waals surface area contributed by atoms with Crippen molar-refractivity contribution in [2.45, 2.75) is 49.8 Å². The third-order valence-electron chi connectivity index (χ3n) is 5.93. The first-order valence-electron chi connectivity index (χ1n) is 10.7. The fraction of sp³-hybridized carbons (Fsp3) is 0.667. The van der Waals surface area contributed by atoms with Crippen LogP contribution in [0.1, 0.15) is 44.9 Å². The van der Waals surface area contributed by atoms with Crippen LogP contribution in [0.2, 0.25) is 0 Å². The number of piperidine rings is 1. The number of nitrogens with one attached hydrogen (secondary N) is 1. The van der Waals surface area contributed by atoms with Crippen molar-refractivity contribution in [1.29, 1.82) is 0 Å². The lowest BCUT2D eigenvalue weighted by atomic mass is 9.97. The van der Waals surface area contributed by atoms with Crippen LogP contribution in [0.4, 0.5) is 4.39 Å². The Bertz CT molecular complexity index is 771. The van der Waals surface area contributed by atoms with E-state index in [1.807, 2.05) is 0 Å². The molecule has 0 radical (unpaired) electrons. The van der Waals surface area contributed by atoms with Crippen molar-refractivity contribution in [3.05, 3.63) is 30.1 Å². The molecule has 0 aliphatic carbocycles. The van der Waals surface area contributed by atoms with Crippen molar-refractivity contribution in [2.75, 3.05) is 39.3 Å². The quantitative estimate of drug-likeness (QED) is 0.682. The van der Waals surface area contributed by atoms with E-state index in [-0.39, 0.29) is 29.8 Å². The van der Waals surface area contributed by atoms with Crippen LogP contribution in [0, 0.1) is 11.7 Å². The standard InChI is InChI=1S/C21H32FN3O3S/c22-19-8-3-4-9-20(19)29(27,28)25-16-10-18(11-17-25)21(26)23-12-7-15-24-13-5-1-2-6-14-24/h3-4,8-9,18H,1-2,5-7,10-17H2,(H,23,26). The Kier molecular flexibility index (Phi) is 8.03. The maximum absolute atomic E-state index is 13.9. The van der Waals surface area contributed by atoms with E-state index in [0.29, 0.717) is 19.4 Å². The molecule has 0 aromatic heterocycles. The van der Waals surface area contributed by atoms with E-state index < -0.39 is 15.8 Å². The molecule has 2 aliphatic rings. The SMILES string of the molecule is O=C(NCCCN1CCCCCC1)C1CCN(S(=O)(=O)c2ccccc2F)CC1. The third kappa shape index (κ3) is 5.99. The lowest BCUT2D eigenvalue weighted by Crippen LogP contribution is -2.43. The van der Waals surface area contributed by atoms with Gasteiger partial charge in [-0.2, -0.15) is 4.31 Å². The zero-order valence-electron chi connectivity index (χ0n) is 17.0. The van der Waals surface area contributed by atoms with Gasteiger partial charge in [-0.15, -0.1) is 0 Å². The van der Waals surface area contributed by atoms with Gasteiger partial charge in [-0.1, -0.05) is 25.0 Å². The molecular formula is C21H32FN3O3S. The van der Waals surface area contributed by atoms with Crippen LogP contribution in [0.15, 0.2) is 29.2 Å². The summed E-state index contributed by atoms with van der Waals surface area (Å²) in [5.41, 5.74) is 0. The number of carbonyl (C=O) groups is 1. The topological polar surface area (TPSA) is 69.7 Å². The summed E-state index contributed by atoms with van der Waals surface area (Å²) in [6, 6.07) is 5.42. The molecule has 2 aliphatic heterocycles. The van der Waals surface area contributed by atoms with Gasteiger partial charge in [0, 0.05) is 25.6 Å². The molecule has 1 amide bonds. The summed E-state index contributed by atoms with van der Waals surface area (Å²) in [6.45, 7) is 4.46. The van der Waals surface area contributed by atoms with Crippen LogP contribution in [-0.2, 0) is 14.8 Å². The molecule has 1 N–H and O–H groups in total. The average molecular weight is 426 g/mol. The van der Waals surface area contributed by atoms with Gasteiger partial charge in [0.2, 0.25) is 15.9 Å². The molecule has 6 nitrogen and oxygen atoms in total. The van der Waals surface area contributed by atoms with Crippen molar-refractivity contribution in [1.82, 2.24) is 14.5 Å². The van der Waals surface area contributed by atoms with E-state index in [2.05, 4.69) is 10.2 Å². The van der Waals surface area contributed by atoms with Crippen molar-refractivity contribution < 1.29 is 17.6 Å². The maximum Gasteiger partial charge on any atom is 0.245 e. The highest BCUT2D eigenvalue weighted by molar-refractivity contribution is 7.89. The number of hydrogen-bond acceptors (Lipinski definition) is 4. The number of rotatable bonds is 7. The summed E-state index contributed by atoms with van der Waals surface area (Å²) in [7, 11) is -3.86. The fourth-order valence-corrected chi connectivity index (χ4v) is 5.70. The number of halogens is 1. The van der Waals surface area contributed by atoms with Gasteiger partial charge >= 0.3 is 0 Å². The number of likely N-dealkylation sites (tertiary alicyclic amines) is 1. The number of amides is 1. The molecule has 0 spiro atoms. The molecule has 0 saturated carbocycles. The predicted octanol–water partition coefficient (Wildman–Crippen LogP) is 2.61. The first-order valence-corrected chi connectivity index (χ1v) is 12.2. The predicted molar refractivity (Wildman–Crippen MR) is 110 cm³/mol. The van der Waals surface area contributed by atoms with E-state index in [9.17, 15) is 17.6 Å². The number of sulfonamides is 1. The van der Waals surface area contributed by atoms with Crippen molar-refractivity contribution in [3.8, 4) is 0 Å². The van der Waals surface area contributed by atoms with Crippen molar-refractivity contribution >= 4 is 15.9 Å². The van der Waals surface area contributed by atoms with Gasteiger partial charge in [0.05, 0.1) is 0 Å². The van der Waals surface area contributed by atoms with Gasteiger partial charge < -0.3 is 10.2 Å². The van der Waals surface area contributed by atoms with Crippen molar-refractivity contribution in [2.24, 2.45) is 5.92 Å². The maximum atomic E-state index is 13.9. The van der Waals surface area contributed by atoms with Gasteiger partial charge in [0.15, 0.2) is 0 Å². The number of nitrogens with zero attached hydrogens (tertiary/aromatic N) is 2.